The molecule has 1 saturated heterocycles. The summed E-state index contributed by atoms with van der Waals surface area (Å²) in [6.45, 7) is 5.74. The van der Waals surface area contributed by atoms with E-state index >= 15 is 0 Å². The number of likely N-dealkylation sites (tertiary alicyclic amines) is 1. The smallest absolute Gasteiger partial charge is 0.178 e. The molecule has 2 aliphatic rings. The number of nitrogens with zero attached hydrogens (tertiary/aromatic N) is 1. The molecular weight excluding hydrogens is 322 g/mol. The van der Waals surface area contributed by atoms with Crippen molar-refractivity contribution in [3.05, 3.63) is 77.4 Å². The summed E-state index contributed by atoms with van der Waals surface area (Å²) in [5.74, 6) is 0. The molecule has 26 heavy (non-hydrogen) atoms. The monoisotopic (exact) mass is 349 g/mol. The van der Waals surface area contributed by atoms with Gasteiger partial charge in [0.15, 0.2) is 6.29 Å². The highest BCUT2D eigenvalue weighted by Gasteiger charge is 2.41. The van der Waals surface area contributed by atoms with Crippen molar-refractivity contribution in [1.29, 1.82) is 0 Å². The Balaban J connectivity index is 1.54. The summed E-state index contributed by atoms with van der Waals surface area (Å²) < 4.78 is 12.4. The molecule has 4 rings (SSSR count). The summed E-state index contributed by atoms with van der Waals surface area (Å²) in [5.41, 5.74) is 3.68. The zero-order chi connectivity index (χ0) is 17.8. The first-order valence-corrected chi connectivity index (χ1v) is 9.62. The lowest BCUT2D eigenvalue weighted by molar-refractivity contribution is -0.204. The molecule has 0 bridgehead atoms. The molecule has 1 unspecified atom stereocenters. The molecule has 0 aliphatic carbocycles. The molecule has 0 N–H and O–H groups in total. The maximum absolute atomic E-state index is 6.57. The van der Waals surface area contributed by atoms with E-state index in [-0.39, 0.29) is 11.9 Å². The number of benzene rings is 2. The van der Waals surface area contributed by atoms with Gasteiger partial charge < -0.3 is 9.47 Å². The standard InChI is InChI=1S/C23H27NO2/c1-2-25-22-13-12-20-10-6-7-11-21(20)23(26-22)14-16-24(17-15-23)18-19-8-4-3-5-9-19/h3-13,22H,2,14-18H2,1H3. The lowest BCUT2D eigenvalue weighted by Crippen LogP contribution is -2.45. The van der Waals surface area contributed by atoms with E-state index in [1.165, 1.54) is 16.7 Å². The van der Waals surface area contributed by atoms with E-state index in [0.29, 0.717) is 6.61 Å². The Kier molecular flexibility index (Phi) is 5.21. The molecular formula is C23H27NO2. The van der Waals surface area contributed by atoms with Crippen LogP contribution in [0.15, 0.2) is 60.7 Å². The number of hydrogen-bond donors (Lipinski definition) is 0. The van der Waals surface area contributed by atoms with Gasteiger partial charge in [0, 0.05) is 26.2 Å². The highest BCUT2D eigenvalue weighted by Crippen LogP contribution is 2.42. The minimum Gasteiger partial charge on any atom is -0.349 e. The van der Waals surface area contributed by atoms with Crippen LogP contribution in [-0.4, -0.2) is 30.9 Å². The van der Waals surface area contributed by atoms with Crippen LogP contribution in [0, 0.1) is 0 Å². The Morgan fingerprint density at radius 2 is 1.77 bits per heavy atom. The third-order valence-corrected chi connectivity index (χ3v) is 5.47. The van der Waals surface area contributed by atoms with Crippen molar-refractivity contribution >= 4 is 6.08 Å². The fraction of sp³-hybridized carbons (Fsp3) is 0.391. The Hall–Kier alpha value is -1.94. The fourth-order valence-electron chi connectivity index (χ4n) is 4.12. The van der Waals surface area contributed by atoms with Gasteiger partial charge in [-0.3, -0.25) is 4.90 Å². The van der Waals surface area contributed by atoms with Crippen molar-refractivity contribution in [3.63, 3.8) is 0 Å². The average molecular weight is 349 g/mol. The van der Waals surface area contributed by atoms with Crippen LogP contribution in [0.5, 0.6) is 0 Å². The highest BCUT2D eigenvalue weighted by molar-refractivity contribution is 5.57. The molecule has 136 valence electrons. The molecule has 0 saturated carbocycles. The first kappa shape index (κ1) is 17.5. The van der Waals surface area contributed by atoms with Crippen LogP contribution < -0.4 is 0 Å². The summed E-state index contributed by atoms with van der Waals surface area (Å²) in [5, 5.41) is 0. The van der Waals surface area contributed by atoms with E-state index in [1.54, 1.807) is 0 Å². The second-order valence-corrected chi connectivity index (χ2v) is 7.14. The Bertz CT molecular complexity index is 748. The molecule has 0 radical (unpaired) electrons. The van der Waals surface area contributed by atoms with Gasteiger partial charge in [0.2, 0.25) is 0 Å². The predicted octanol–water partition coefficient (Wildman–Crippen LogP) is 4.58. The van der Waals surface area contributed by atoms with E-state index in [0.717, 1.165) is 32.5 Å². The van der Waals surface area contributed by atoms with Crippen LogP contribution in [0.4, 0.5) is 0 Å². The topological polar surface area (TPSA) is 21.7 Å². The average Bonchev–Trinajstić information content (AvgIpc) is 2.83. The first-order chi connectivity index (χ1) is 12.8. The van der Waals surface area contributed by atoms with Crippen LogP contribution in [0.1, 0.15) is 36.5 Å². The normalized spacial score (nSPS) is 22.1. The van der Waals surface area contributed by atoms with Crippen molar-refractivity contribution in [2.24, 2.45) is 0 Å². The van der Waals surface area contributed by atoms with Gasteiger partial charge in [0.1, 0.15) is 0 Å². The second-order valence-electron chi connectivity index (χ2n) is 7.14. The number of fused-ring (bicyclic) bond motifs is 2. The van der Waals surface area contributed by atoms with E-state index in [9.17, 15) is 0 Å². The largest absolute Gasteiger partial charge is 0.349 e. The molecule has 2 aromatic carbocycles. The maximum Gasteiger partial charge on any atom is 0.178 e. The van der Waals surface area contributed by atoms with Crippen molar-refractivity contribution in [2.45, 2.75) is 38.2 Å². The molecule has 0 amide bonds. The summed E-state index contributed by atoms with van der Waals surface area (Å²) >= 11 is 0. The SMILES string of the molecule is CCOC1C=Cc2ccccc2C2(CCN(Cc3ccccc3)CC2)O1. The number of rotatable bonds is 4. The van der Waals surface area contributed by atoms with Crippen LogP contribution >= 0.6 is 0 Å². The maximum atomic E-state index is 6.57. The third-order valence-electron chi connectivity index (χ3n) is 5.47. The molecule has 2 aromatic rings. The summed E-state index contributed by atoms with van der Waals surface area (Å²) in [4.78, 5) is 2.53. The van der Waals surface area contributed by atoms with Crippen molar-refractivity contribution < 1.29 is 9.47 Å². The Labute approximate surface area is 156 Å². The zero-order valence-electron chi connectivity index (χ0n) is 15.4. The summed E-state index contributed by atoms with van der Waals surface area (Å²) in [6, 6.07) is 19.3. The fourth-order valence-corrected chi connectivity index (χ4v) is 4.12. The Morgan fingerprint density at radius 3 is 2.54 bits per heavy atom. The van der Waals surface area contributed by atoms with Crippen LogP contribution in [0.2, 0.25) is 0 Å². The van der Waals surface area contributed by atoms with Gasteiger partial charge in [-0.05, 0) is 42.5 Å². The van der Waals surface area contributed by atoms with E-state index in [1.807, 2.05) is 13.0 Å². The second kappa shape index (κ2) is 7.75. The minimum atomic E-state index is -0.270. The van der Waals surface area contributed by atoms with Crippen molar-refractivity contribution in [1.82, 2.24) is 4.90 Å². The number of ether oxygens (including phenoxy) is 2. The van der Waals surface area contributed by atoms with Crippen LogP contribution in [0.3, 0.4) is 0 Å². The molecule has 3 heteroatoms. The molecule has 0 aromatic heterocycles. The van der Waals surface area contributed by atoms with Gasteiger partial charge in [-0.1, -0.05) is 60.7 Å². The quantitative estimate of drug-likeness (QED) is 0.806. The van der Waals surface area contributed by atoms with Gasteiger partial charge in [0.25, 0.3) is 0 Å². The van der Waals surface area contributed by atoms with Gasteiger partial charge in [-0.2, -0.15) is 0 Å². The highest BCUT2D eigenvalue weighted by atomic mass is 16.7. The number of hydrogen-bond acceptors (Lipinski definition) is 3. The minimum absolute atomic E-state index is 0.257. The lowest BCUT2D eigenvalue weighted by atomic mass is 9.81. The van der Waals surface area contributed by atoms with Crippen molar-refractivity contribution in [3.8, 4) is 0 Å². The van der Waals surface area contributed by atoms with Crippen LogP contribution in [0.25, 0.3) is 6.08 Å². The molecule has 2 heterocycles. The predicted molar refractivity (Wildman–Crippen MR) is 105 cm³/mol. The van der Waals surface area contributed by atoms with E-state index in [4.69, 9.17) is 9.47 Å². The Morgan fingerprint density at radius 1 is 1.04 bits per heavy atom. The van der Waals surface area contributed by atoms with Crippen LogP contribution in [-0.2, 0) is 21.6 Å². The van der Waals surface area contributed by atoms with Gasteiger partial charge in [-0.15, -0.1) is 0 Å². The van der Waals surface area contributed by atoms with E-state index in [2.05, 4.69) is 65.6 Å². The zero-order valence-corrected chi connectivity index (χ0v) is 15.4. The molecule has 3 nitrogen and oxygen atoms in total. The molecule has 1 fully saturated rings. The van der Waals surface area contributed by atoms with Gasteiger partial charge >= 0.3 is 0 Å². The summed E-state index contributed by atoms with van der Waals surface area (Å²) in [6.07, 6.45) is 5.91. The third kappa shape index (κ3) is 3.61. The summed E-state index contributed by atoms with van der Waals surface area (Å²) in [7, 11) is 0. The number of piperidine rings is 1. The van der Waals surface area contributed by atoms with Crippen molar-refractivity contribution in [2.75, 3.05) is 19.7 Å². The molecule has 1 atom stereocenters. The first-order valence-electron chi connectivity index (χ1n) is 9.62. The lowest BCUT2D eigenvalue weighted by Gasteiger charge is -2.43. The van der Waals surface area contributed by atoms with Gasteiger partial charge in [0.05, 0.1) is 5.60 Å². The van der Waals surface area contributed by atoms with E-state index < -0.39 is 0 Å². The molecule has 2 aliphatic heterocycles. The van der Waals surface area contributed by atoms with Gasteiger partial charge in [-0.25, -0.2) is 0 Å². The molecule has 1 spiro atoms.